The Morgan fingerprint density at radius 3 is 2.88 bits per heavy atom. The van der Waals surface area contributed by atoms with Crippen molar-refractivity contribution in [1.29, 1.82) is 0 Å². The predicted octanol–water partition coefficient (Wildman–Crippen LogP) is 3.21. The van der Waals surface area contributed by atoms with E-state index >= 15 is 0 Å². The van der Waals surface area contributed by atoms with Gasteiger partial charge in [-0.2, -0.15) is 0 Å². The lowest BCUT2D eigenvalue weighted by molar-refractivity contribution is 0.633. The first-order valence-electron chi connectivity index (χ1n) is 6.08. The first-order valence-corrected chi connectivity index (χ1v) is 6.08. The van der Waals surface area contributed by atoms with E-state index in [0.717, 1.165) is 6.54 Å². The van der Waals surface area contributed by atoms with Gasteiger partial charge >= 0.3 is 0 Å². The van der Waals surface area contributed by atoms with Gasteiger partial charge in [0.1, 0.15) is 0 Å². The van der Waals surface area contributed by atoms with Crippen LogP contribution in [0.4, 0.5) is 0 Å². The zero-order valence-electron chi connectivity index (χ0n) is 9.93. The van der Waals surface area contributed by atoms with E-state index < -0.39 is 0 Å². The minimum atomic E-state index is 0.534. The molecule has 2 N–H and O–H groups in total. The Kier molecular flexibility index (Phi) is 2.25. The predicted molar refractivity (Wildman–Crippen MR) is 67.8 cm³/mol. The summed E-state index contributed by atoms with van der Waals surface area (Å²) in [6.07, 6.45) is 2.54. The maximum atomic E-state index is 3.58. The van der Waals surface area contributed by atoms with E-state index in [-0.39, 0.29) is 0 Å². The van der Waals surface area contributed by atoms with Crippen molar-refractivity contribution < 1.29 is 0 Å². The van der Waals surface area contributed by atoms with Crippen LogP contribution in [0.5, 0.6) is 0 Å². The highest BCUT2D eigenvalue weighted by Crippen LogP contribution is 2.28. The van der Waals surface area contributed by atoms with Gasteiger partial charge in [0.05, 0.1) is 0 Å². The lowest BCUT2D eigenvalue weighted by atomic mass is 10.1. The molecule has 2 heteroatoms. The summed E-state index contributed by atoms with van der Waals surface area (Å²) in [6, 6.07) is 7.25. The summed E-state index contributed by atoms with van der Waals surface area (Å²) in [5.74, 6) is 0. The number of aromatic nitrogens is 1. The number of fused-ring (bicyclic) bond motifs is 1. The van der Waals surface area contributed by atoms with E-state index in [2.05, 4.69) is 42.3 Å². The zero-order chi connectivity index (χ0) is 11.1. The van der Waals surface area contributed by atoms with Crippen LogP contribution >= 0.6 is 0 Å². The maximum absolute atomic E-state index is 3.58. The largest absolute Gasteiger partial charge is 0.357 e. The molecule has 2 nitrogen and oxygen atoms in total. The van der Waals surface area contributed by atoms with E-state index in [4.69, 9.17) is 0 Å². The normalized spacial score (nSPS) is 20.8. The number of benzene rings is 1. The second-order valence-electron chi connectivity index (χ2n) is 4.85. The molecule has 1 atom stereocenters. The molecule has 1 aromatic heterocycles. The van der Waals surface area contributed by atoms with Crippen molar-refractivity contribution in [3.63, 3.8) is 0 Å². The molecular formula is C14H18N2. The van der Waals surface area contributed by atoms with Gasteiger partial charge in [0.15, 0.2) is 0 Å². The molecule has 1 saturated heterocycles. The Morgan fingerprint density at radius 1 is 1.25 bits per heavy atom. The van der Waals surface area contributed by atoms with E-state index in [1.165, 1.54) is 40.6 Å². The molecule has 1 unspecified atom stereocenters. The Labute approximate surface area is 96.1 Å². The first kappa shape index (κ1) is 9.91. The summed E-state index contributed by atoms with van der Waals surface area (Å²) >= 11 is 0. The van der Waals surface area contributed by atoms with Crippen molar-refractivity contribution in [3.05, 3.63) is 35.0 Å². The van der Waals surface area contributed by atoms with Crippen LogP contribution in [0.2, 0.25) is 0 Å². The van der Waals surface area contributed by atoms with Crippen molar-refractivity contribution in [3.8, 4) is 0 Å². The summed E-state index contributed by atoms with van der Waals surface area (Å²) in [4.78, 5) is 3.58. The number of H-pyrrole nitrogens is 1. The minimum Gasteiger partial charge on any atom is -0.357 e. The van der Waals surface area contributed by atoms with Gasteiger partial charge in [0, 0.05) is 17.3 Å². The molecule has 0 spiro atoms. The Bertz CT molecular complexity index is 519. The van der Waals surface area contributed by atoms with Crippen molar-refractivity contribution in [2.24, 2.45) is 0 Å². The molecule has 84 valence electrons. The first-order chi connectivity index (χ1) is 7.75. The van der Waals surface area contributed by atoms with E-state index in [1.54, 1.807) is 0 Å². The average molecular weight is 214 g/mol. The molecule has 0 saturated carbocycles. The van der Waals surface area contributed by atoms with Gasteiger partial charge in [0.2, 0.25) is 0 Å². The number of hydrogen-bond donors (Lipinski definition) is 2. The summed E-state index contributed by atoms with van der Waals surface area (Å²) < 4.78 is 0. The second-order valence-corrected chi connectivity index (χ2v) is 4.85. The number of aryl methyl sites for hydroxylation is 2. The molecule has 0 amide bonds. The van der Waals surface area contributed by atoms with Crippen molar-refractivity contribution in [2.45, 2.75) is 32.7 Å². The van der Waals surface area contributed by atoms with Crippen molar-refractivity contribution >= 4 is 10.9 Å². The second kappa shape index (κ2) is 3.63. The van der Waals surface area contributed by atoms with E-state index in [1.807, 2.05) is 0 Å². The summed E-state index contributed by atoms with van der Waals surface area (Å²) in [7, 11) is 0. The molecular weight excluding hydrogens is 196 g/mol. The fraction of sp³-hybridized carbons (Fsp3) is 0.429. The fourth-order valence-electron chi connectivity index (χ4n) is 2.61. The minimum absolute atomic E-state index is 0.534. The van der Waals surface area contributed by atoms with Crippen LogP contribution in [0.1, 0.15) is 35.7 Å². The molecule has 2 heterocycles. The van der Waals surface area contributed by atoms with Crippen LogP contribution in [-0.4, -0.2) is 11.5 Å². The SMILES string of the molecule is Cc1ccc2cc(C3CCCN3)[nH]c2c1C. The molecule has 1 aliphatic heterocycles. The third-order valence-electron chi connectivity index (χ3n) is 3.78. The van der Waals surface area contributed by atoms with E-state index in [0.29, 0.717) is 6.04 Å². The van der Waals surface area contributed by atoms with Gasteiger partial charge in [-0.3, -0.25) is 0 Å². The zero-order valence-corrected chi connectivity index (χ0v) is 9.93. The summed E-state index contributed by atoms with van der Waals surface area (Å²) in [5, 5.41) is 4.88. The lowest BCUT2D eigenvalue weighted by Crippen LogP contribution is -2.12. The number of rotatable bonds is 1. The molecule has 16 heavy (non-hydrogen) atoms. The molecule has 1 aliphatic rings. The fourth-order valence-corrected chi connectivity index (χ4v) is 2.61. The highest BCUT2D eigenvalue weighted by molar-refractivity contribution is 5.84. The van der Waals surface area contributed by atoms with Gasteiger partial charge in [-0.1, -0.05) is 12.1 Å². The Balaban J connectivity index is 2.11. The highest BCUT2D eigenvalue weighted by Gasteiger charge is 2.18. The van der Waals surface area contributed by atoms with Crippen LogP contribution in [0.25, 0.3) is 10.9 Å². The molecule has 0 radical (unpaired) electrons. The third kappa shape index (κ3) is 1.45. The standard InChI is InChI=1S/C14H18N2/c1-9-5-6-11-8-13(12-4-3-7-15-12)16-14(11)10(9)2/h5-6,8,12,15-16H,3-4,7H2,1-2H3. The Hall–Kier alpha value is -1.28. The molecule has 2 aromatic rings. The van der Waals surface area contributed by atoms with E-state index in [9.17, 15) is 0 Å². The Morgan fingerprint density at radius 2 is 2.12 bits per heavy atom. The summed E-state index contributed by atoms with van der Waals surface area (Å²) in [5.41, 5.74) is 5.40. The quantitative estimate of drug-likeness (QED) is 0.749. The average Bonchev–Trinajstić information content (AvgIpc) is 2.91. The van der Waals surface area contributed by atoms with Crippen LogP contribution in [0, 0.1) is 13.8 Å². The van der Waals surface area contributed by atoms with Crippen molar-refractivity contribution in [2.75, 3.05) is 6.54 Å². The monoisotopic (exact) mass is 214 g/mol. The maximum Gasteiger partial charge on any atom is 0.0488 e. The van der Waals surface area contributed by atoms with Crippen LogP contribution in [-0.2, 0) is 0 Å². The van der Waals surface area contributed by atoms with Crippen LogP contribution < -0.4 is 5.32 Å². The molecule has 1 fully saturated rings. The van der Waals surface area contributed by atoms with Gasteiger partial charge < -0.3 is 10.3 Å². The van der Waals surface area contributed by atoms with Crippen molar-refractivity contribution in [1.82, 2.24) is 10.3 Å². The van der Waals surface area contributed by atoms with Gasteiger partial charge in [-0.15, -0.1) is 0 Å². The van der Waals surface area contributed by atoms with Crippen LogP contribution in [0.3, 0.4) is 0 Å². The number of aromatic amines is 1. The highest BCUT2D eigenvalue weighted by atomic mass is 15.0. The molecule has 0 aliphatic carbocycles. The van der Waals surface area contributed by atoms with Gasteiger partial charge in [-0.05, 0) is 55.8 Å². The summed E-state index contributed by atoms with van der Waals surface area (Å²) in [6.45, 7) is 5.52. The van der Waals surface area contributed by atoms with Crippen LogP contribution in [0.15, 0.2) is 18.2 Å². The number of hydrogen-bond acceptors (Lipinski definition) is 1. The number of nitrogens with one attached hydrogen (secondary N) is 2. The third-order valence-corrected chi connectivity index (χ3v) is 3.78. The van der Waals surface area contributed by atoms with Gasteiger partial charge in [0.25, 0.3) is 0 Å². The lowest BCUT2D eigenvalue weighted by Gasteiger charge is -2.06. The molecule has 0 bridgehead atoms. The van der Waals surface area contributed by atoms with Gasteiger partial charge in [-0.25, -0.2) is 0 Å². The smallest absolute Gasteiger partial charge is 0.0488 e. The molecule has 3 rings (SSSR count). The molecule has 1 aromatic carbocycles. The topological polar surface area (TPSA) is 27.8 Å².